The van der Waals surface area contributed by atoms with Gasteiger partial charge in [-0.05, 0) is 12.1 Å². The van der Waals surface area contributed by atoms with Gasteiger partial charge < -0.3 is 4.74 Å². The maximum Gasteiger partial charge on any atom is 0.139 e. The lowest BCUT2D eigenvalue weighted by Gasteiger charge is -2.05. The fraction of sp³-hybridized carbons (Fsp3) is 0.111. The molecule has 0 radical (unpaired) electrons. The summed E-state index contributed by atoms with van der Waals surface area (Å²) < 4.78 is 6.73. The van der Waals surface area contributed by atoms with E-state index in [-0.39, 0.29) is 0 Å². The average molecular weight is 210 g/mol. The molecule has 0 unspecified atom stereocenters. The van der Waals surface area contributed by atoms with Gasteiger partial charge >= 0.3 is 0 Å². The van der Waals surface area contributed by atoms with Gasteiger partial charge in [0.2, 0.25) is 0 Å². The van der Waals surface area contributed by atoms with Crippen LogP contribution in [0.4, 0.5) is 0 Å². The first-order valence-electron chi connectivity index (χ1n) is 4.01. The van der Waals surface area contributed by atoms with Crippen molar-refractivity contribution in [1.29, 1.82) is 0 Å². The number of nitrogens with zero attached hydrogens (tertiary/aromatic N) is 3. The Balaban J connectivity index is 2.46. The van der Waals surface area contributed by atoms with Gasteiger partial charge in [0, 0.05) is 6.07 Å². The maximum atomic E-state index is 5.89. The van der Waals surface area contributed by atoms with E-state index in [1.54, 1.807) is 36.3 Å². The number of benzene rings is 1. The van der Waals surface area contributed by atoms with E-state index < -0.39 is 0 Å². The van der Waals surface area contributed by atoms with Gasteiger partial charge in [-0.1, -0.05) is 16.8 Å². The van der Waals surface area contributed by atoms with Gasteiger partial charge in [-0.2, -0.15) is 0 Å². The van der Waals surface area contributed by atoms with Gasteiger partial charge in [-0.3, -0.25) is 0 Å². The minimum Gasteiger partial charge on any atom is -0.495 e. The number of rotatable bonds is 2. The second-order valence-electron chi connectivity index (χ2n) is 2.67. The standard InChI is InChI=1S/C9H8ClN3O/c1-14-9-6-7(2-3-8(9)10)13-5-4-11-12-13/h2-6H,1H3. The van der Waals surface area contributed by atoms with E-state index in [1.165, 1.54) is 0 Å². The molecule has 1 heterocycles. The Labute approximate surface area is 86.1 Å². The number of hydrogen-bond acceptors (Lipinski definition) is 3. The third-order valence-electron chi connectivity index (χ3n) is 1.82. The van der Waals surface area contributed by atoms with Crippen LogP contribution in [0.3, 0.4) is 0 Å². The number of aromatic nitrogens is 3. The van der Waals surface area contributed by atoms with Crippen LogP contribution in [0, 0.1) is 0 Å². The molecule has 0 atom stereocenters. The minimum atomic E-state index is 0.580. The molecule has 4 nitrogen and oxygen atoms in total. The summed E-state index contributed by atoms with van der Waals surface area (Å²) in [5, 5.41) is 8.16. The van der Waals surface area contributed by atoms with Crippen LogP contribution in [0.15, 0.2) is 30.6 Å². The Morgan fingerprint density at radius 1 is 1.43 bits per heavy atom. The van der Waals surface area contributed by atoms with Crippen LogP contribution >= 0.6 is 11.6 Å². The number of hydrogen-bond donors (Lipinski definition) is 0. The fourth-order valence-electron chi connectivity index (χ4n) is 1.14. The molecule has 0 bridgehead atoms. The molecule has 5 heteroatoms. The van der Waals surface area contributed by atoms with E-state index >= 15 is 0 Å². The van der Waals surface area contributed by atoms with Crippen molar-refractivity contribution in [3.63, 3.8) is 0 Å². The third kappa shape index (κ3) is 1.56. The van der Waals surface area contributed by atoms with Crippen molar-refractivity contribution in [2.45, 2.75) is 0 Å². The van der Waals surface area contributed by atoms with Crippen LogP contribution in [0.25, 0.3) is 5.69 Å². The van der Waals surface area contributed by atoms with Crippen LogP contribution in [0.2, 0.25) is 5.02 Å². The minimum absolute atomic E-state index is 0.580. The van der Waals surface area contributed by atoms with E-state index in [0.717, 1.165) is 5.69 Å². The molecule has 1 aromatic heterocycles. The molecule has 0 fully saturated rings. The third-order valence-corrected chi connectivity index (χ3v) is 2.13. The topological polar surface area (TPSA) is 39.9 Å². The fourth-order valence-corrected chi connectivity index (χ4v) is 1.33. The molecule has 2 rings (SSSR count). The number of halogens is 1. The van der Waals surface area contributed by atoms with Crippen LogP contribution in [0.1, 0.15) is 0 Å². The molecule has 0 aliphatic heterocycles. The normalized spacial score (nSPS) is 10.1. The van der Waals surface area contributed by atoms with Crippen LogP contribution in [-0.4, -0.2) is 22.1 Å². The van der Waals surface area contributed by atoms with Crippen molar-refractivity contribution >= 4 is 11.6 Å². The van der Waals surface area contributed by atoms with Crippen molar-refractivity contribution in [3.8, 4) is 11.4 Å². The lowest BCUT2D eigenvalue weighted by molar-refractivity contribution is 0.414. The lowest BCUT2D eigenvalue weighted by Crippen LogP contribution is -1.95. The summed E-state index contributed by atoms with van der Waals surface area (Å²) >= 11 is 5.89. The SMILES string of the molecule is COc1cc(-n2ccnn2)ccc1Cl. The summed E-state index contributed by atoms with van der Waals surface area (Å²) in [6.07, 6.45) is 3.36. The molecule has 2 aromatic rings. The first-order valence-corrected chi connectivity index (χ1v) is 4.39. The molecule has 0 aliphatic carbocycles. The first-order chi connectivity index (χ1) is 6.81. The molecule has 0 saturated carbocycles. The lowest BCUT2D eigenvalue weighted by atomic mass is 10.3. The highest BCUT2D eigenvalue weighted by atomic mass is 35.5. The molecule has 0 saturated heterocycles. The Morgan fingerprint density at radius 3 is 2.93 bits per heavy atom. The summed E-state index contributed by atoms with van der Waals surface area (Å²) in [7, 11) is 1.58. The summed E-state index contributed by atoms with van der Waals surface area (Å²) in [6.45, 7) is 0. The molecule has 0 N–H and O–H groups in total. The summed E-state index contributed by atoms with van der Waals surface area (Å²) in [4.78, 5) is 0. The zero-order valence-corrected chi connectivity index (χ0v) is 8.27. The summed E-state index contributed by atoms with van der Waals surface area (Å²) in [6, 6.07) is 5.41. The van der Waals surface area contributed by atoms with E-state index in [4.69, 9.17) is 16.3 Å². The highest BCUT2D eigenvalue weighted by Gasteiger charge is 2.03. The van der Waals surface area contributed by atoms with Crippen LogP contribution < -0.4 is 4.74 Å². The predicted molar refractivity (Wildman–Crippen MR) is 52.9 cm³/mol. The quantitative estimate of drug-likeness (QED) is 0.759. The molecular weight excluding hydrogens is 202 g/mol. The van der Waals surface area contributed by atoms with Crippen molar-refractivity contribution in [2.75, 3.05) is 7.11 Å². The van der Waals surface area contributed by atoms with E-state index in [1.807, 2.05) is 6.07 Å². The predicted octanol–water partition coefficient (Wildman–Crippen LogP) is 1.93. The van der Waals surface area contributed by atoms with E-state index in [2.05, 4.69) is 10.3 Å². The van der Waals surface area contributed by atoms with Gasteiger partial charge in [-0.15, -0.1) is 5.10 Å². The Kier molecular flexibility index (Phi) is 2.37. The first kappa shape index (κ1) is 9.02. The summed E-state index contributed by atoms with van der Waals surface area (Å²) in [5.41, 5.74) is 0.865. The Hall–Kier alpha value is -1.55. The van der Waals surface area contributed by atoms with Gasteiger partial charge in [0.25, 0.3) is 0 Å². The largest absolute Gasteiger partial charge is 0.495 e. The van der Waals surface area contributed by atoms with Crippen LogP contribution in [0.5, 0.6) is 5.75 Å². The van der Waals surface area contributed by atoms with Crippen molar-refractivity contribution in [3.05, 3.63) is 35.6 Å². The highest BCUT2D eigenvalue weighted by Crippen LogP contribution is 2.26. The molecular formula is C9H8ClN3O. The van der Waals surface area contributed by atoms with Crippen molar-refractivity contribution < 1.29 is 4.74 Å². The van der Waals surface area contributed by atoms with Crippen molar-refractivity contribution in [1.82, 2.24) is 15.0 Å². The average Bonchev–Trinajstić information content (AvgIpc) is 2.71. The number of ether oxygens (including phenoxy) is 1. The zero-order valence-electron chi connectivity index (χ0n) is 7.51. The summed E-state index contributed by atoms with van der Waals surface area (Å²) in [5.74, 6) is 0.625. The molecule has 14 heavy (non-hydrogen) atoms. The Morgan fingerprint density at radius 2 is 2.29 bits per heavy atom. The van der Waals surface area contributed by atoms with Gasteiger partial charge in [-0.25, -0.2) is 4.68 Å². The van der Waals surface area contributed by atoms with Crippen molar-refractivity contribution in [2.24, 2.45) is 0 Å². The maximum absolute atomic E-state index is 5.89. The molecule has 72 valence electrons. The van der Waals surface area contributed by atoms with Gasteiger partial charge in [0.15, 0.2) is 0 Å². The van der Waals surface area contributed by atoms with Gasteiger partial charge in [0.1, 0.15) is 5.75 Å². The molecule has 0 aliphatic rings. The van der Waals surface area contributed by atoms with Crippen LogP contribution in [-0.2, 0) is 0 Å². The van der Waals surface area contributed by atoms with E-state index in [0.29, 0.717) is 10.8 Å². The number of methoxy groups -OCH3 is 1. The second-order valence-corrected chi connectivity index (χ2v) is 3.07. The second kappa shape index (κ2) is 3.67. The van der Waals surface area contributed by atoms with Gasteiger partial charge in [0.05, 0.1) is 30.2 Å². The molecule has 0 amide bonds. The smallest absolute Gasteiger partial charge is 0.139 e. The molecule has 1 aromatic carbocycles. The Bertz CT molecular complexity index is 428. The monoisotopic (exact) mass is 209 g/mol. The highest BCUT2D eigenvalue weighted by molar-refractivity contribution is 6.32. The zero-order chi connectivity index (χ0) is 9.97. The van der Waals surface area contributed by atoms with E-state index in [9.17, 15) is 0 Å². The molecule has 0 spiro atoms.